The maximum Gasteiger partial charge on any atom is 0.336 e. The van der Waals surface area contributed by atoms with Crippen LogP contribution in [0.25, 0.3) is 0 Å². The molecule has 0 aromatic heterocycles. The summed E-state index contributed by atoms with van der Waals surface area (Å²) < 4.78 is 0. The molecular weight excluding hydrogens is 300 g/mol. The van der Waals surface area contributed by atoms with Gasteiger partial charge in [0.1, 0.15) is 0 Å². The molecule has 0 aliphatic rings. The van der Waals surface area contributed by atoms with Crippen LogP contribution in [0.5, 0.6) is 0 Å². The van der Waals surface area contributed by atoms with Crippen LogP contribution in [0.3, 0.4) is 0 Å². The highest BCUT2D eigenvalue weighted by Gasteiger charge is 2.12. The Morgan fingerprint density at radius 2 is 1.26 bits per heavy atom. The number of hydrogen-bond donors (Lipinski definition) is 3. The van der Waals surface area contributed by atoms with Crippen LogP contribution in [0.1, 0.15) is 42.2 Å². The third kappa shape index (κ3) is 3.74. The van der Waals surface area contributed by atoms with Crippen molar-refractivity contribution in [3.8, 4) is 11.8 Å². The number of aromatic carboxylic acids is 3. The molecule has 23 heavy (non-hydrogen) atoms. The third-order valence-corrected chi connectivity index (χ3v) is 2.97. The average molecular weight is 310 g/mol. The van der Waals surface area contributed by atoms with Crippen molar-refractivity contribution in [2.75, 3.05) is 0 Å². The normalized spacial score (nSPS) is 9.57. The second-order valence-corrected chi connectivity index (χ2v) is 4.50. The maximum atomic E-state index is 11.2. The number of hydrogen-bond acceptors (Lipinski definition) is 3. The highest BCUT2D eigenvalue weighted by molar-refractivity contribution is 5.94. The topological polar surface area (TPSA) is 112 Å². The smallest absolute Gasteiger partial charge is 0.336 e. The van der Waals surface area contributed by atoms with Crippen LogP contribution in [0.2, 0.25) is 0 Å². The molecule has 0 heterocycles. The maximum absolute atomic E-state index is 11.2. The molecule has 0 aliphatic heterocycles. The number of carbonyl (C=O) groups is 3. The van der Waals surface area contributed by atoms with Crippen molar-refractivity contribution in [3.05, 3.63) is 70.3 Å². The van der Waals surface area contributed by atoms with Crippen molar-refractivity contribution in [3.63, 3.8) is 0 Å². The van der Waals surface area contributed by atoms with Crippen molar-refractivity contribution in [1.82, 2.24) is 0 Å². The Kier molecular flexibility index (Phi) is 4.43. The van der Waals surface area contributed by atoms with Gasteiger partial charge in [0.2, 0.25) is 0 Å². The Balaban J connectivity index is 2.42. The molecule has 2 rings (SSSR count). The van der Waals surface area contributed by atoms with Gasteiger partial charge < -0.3 is 15.3 Å². The Morgan fingerprint density at radius 1 is 0.696 bits per heavy atom. The predicted molar refractivity (Wildman–Crippen MR) is 79.7 cm³/mol. The predicted octanol–water partition coefficient (Wildman–Crippen LogP) is 2.18. The van der Waals surface area contributed by atoms with Crippen molar-refractivity contribution in [1.29, 1.82) is 0 Å². The fourth-order valence-electron chi connectivity index (χ4n) is 1.80. The van der Waals surface area contributed by atoms with Crippen LogP contribution >= 0.6 is 0 Å². The molecule has 0 radical (unpaired) electrons. The summed E-state index contributed by atoms with van der Waals surface area (Å²) in [4.78, 5) is 32.9. The number of carboxylic acids is 3. The highest BCUT2D eigenvalue weighted by Crippen LogP contribution is 2.12. The molecule has 0 aliphatic carbocycles. The molecule has 6 heteroatoms. The summed E-state index contributed by atoms with van der Waals surface area (Å²) in [5, 5.41) is 26.9. The lowest BCUT2D eigenvalue weighted by atomic mass is 10.0. The minimum absolute atomic E-state index is 0.0690. The average Bonchev–Trinajstić information content (AvgIpc) is 2.52. The summed E-state index contributed by atoms with van der Waals surface area (Å²) in [7, 11) is 0. The summed E-state index contributed by atoms with van der Waals surface area (Å²) in [6.45, 7) is 0. The van der Waals surface area contributed by atoms with E-state index >= 15 is 0 Å². The second kappa shape index (κ2) is 6.45. The summed E-state index contributed by atoms with van der Waals surface area (Å²) in [6.07, 6.45) is 0. The Labute approximate surface area is 130 Å². The molecule has 2 aromatic rings. The second-order valence-electron chi connectivity index (χ2n) is 4.50. The lowest BCUT2D eigenvalue weighted by Crippen LogP contribution is -2.04. The van der Waals surface area contributed by atoms with E-state index in [1.165, 1.54) is 42.5 Å². The minimum Gasteiger partial charge on any atom is -0.478 e. The molecule has 0 bridgehead atoms. The summed E-state index contributed by atoms with van der Waals surface area (Å²) in [5.74, 6) is 1.84. The van der Waals surface area contributed by atoms with Gasteiger partial charge in [0, 0.05) is 11.1 Å². The number of benzene rings is 2. The minimum atomic E-state index is -1.22. The molecule has 0 spiro atoms. The zero-order valence-electron chi connectivity index (χ0n) is 11.6. The van der Waals surface area contributed by atoms with Gasteiger partial charge in [-0.1, -0.05) is 11.8 Å². The van der Waals surface area contributed by atoms with E-state index in [9.17, 15) is 14.4 Å². The number of rotatable bonds is 3. The van der Waals surface area contributed by atoms with Gasteiger partial charge in [-0.05, 0) is 42.5 Å². The third-order valence-electron chi connectivity index (χ3n) is 2.97. The SMILES string of the molecule is O=C(O)c1ccc(C#Cc2cc(C(=O)O)ccc2C(=O)O)cc1. The Bertz CT molecular complexity index is 853. The van der Waals surface area contributed by atoms with Crippen LogP contribution in [0.15, 0.2) is 42.5 Å². The molecule has 114 valence electrons. The van der Waals surface area contributed by atoms with Crippen LogP contribution in [0, 0.1) is 11.8 Å². The first kappa shape index (κ1) is 15.8. The van der Waals surface area contributed by atoms with Gasteiger partial charge in [-0.15, -0.1) is 0 Å². The molecule has 3 N–H and O–H groups in total. The first-order valence-electron chi connectivity index (χ1n) is 6.34. The lowest BCUT2D eigenvalue weighted by molar-refractivity contribution is 0.0681. The summed E-state index contributed by atoms with van der Waals surface area (Å²) >= 11 is 0. The largest absolute Gasteiger partial charge is 0.478 e. The molecule has 0 fully saturated rings. The molecule has 2 aromatic carbocycles. The lowest BCUT2D eigenvalue weighted by Gasteiger charge is -2.01. The summed E-state index contributed by atoms with van der Waals surface area (Å²) in [6, 6.07) is 9.28. The molecule has 0 atom stereocenters. The zero-order valence-corrected chi connectivity index (χ0v) is 11.6. The first-order valence-corrected chi connectivity index (χ1v) is 6.34. The van der Waals surface area contributed by atoms with Crippen LogP contribution in [-0.4, -0.2) is 33.2 Å². The fraction of sp³-hybridized carbons (Fsp3) is 0. The Morgan fingerprint density at radius 3 is 1.78 bits per heavy atom. The van der Waals surface area contributed by atoms with Gasteiger partial charge in [-0.2, -0.15) is 0 Å². The fourth-order valence-corrected chi connectivity index (χ4v) is 1.80. The van der Waals surface area contributed by atoms with E-state index in [2.05, 4.69) is 11.8 Å². The van der Waals surface area contributed by atoms with Gasteiger partial charge in [0.15, 0.2) is 0 Å². The van der Waals surface area contributed by atoms with Crippen molar-refractivity contribution >= 4 is 17.9 Å². The quantitative estimate of drug-likeness (QED) is 0.749. The molecule has 6 nitrogen and oxygen atoms in total. The molecule has 0 amide bonds. The molecular formula is C17H10O6. The number of carboxylic acid groups (broad SMARTS) is 3. The van der Waals surface area contributed by atoms with Gasteiger partial charge in [-0.3, -0.25) is 0 Å². The van der Waals surface area contributed by atoms with E-state index in [0.717, 1.165) is 0 Å². The van der Waals surface area contributed by atoms with Crippen LogP contribution in [-0.2, 0) is 0 Å². The Hall–Kier alpha value is -3.59. The zero-order chi connectivity index (χ0) is 17.0. The first-order chi connectivity index (χ1) is 10.9. The van der Waals surface area contributed by atoms with Crippen molar-refractivity contribution in [2.24, 2.45) is 0 Å². The van der Waals surface area contributed by atoms with E-state index in [4.69, 9.17) is 15.3 Å². The van der Waals surface area contributed by atoms with Crippen molar-refractivity contribution in [2.45, 2.75) is 0 Å². The molecule has 0 saturated heterocycles. The van der Waals surface area contributed by atoms with Crippen LogP contribution < -0.4 is 0 Å². The molecule has 0 unspecified atom stereocenters. The molecule has 0 saturated carbocycles. The van der Waals surface area contributed by atoms with Crippen molar-refractivity contribution < 1.29 is 29.7 Å². The monoisotopic (exact) mass is 310 g/mol. The summed E-state index contributed by atoms with van der Waals surface area (Å²) in [5.41, 5.74) is 0.478. The van der Waals surface area contributed by atoms with E-state index in [1.807, 2.05) is 0 Å². The highest BCUT2D eigenvalue weighted by atomic mass is 16.4. The van der Waals surface area contributed by atoms with Gasteiger partial charge >= 0.3 is 17.9 Å². The van der Waals surface area contributed by atoms with E-state index in [-0.39, 0.29) is 22.3 Å². The van der Waals surface area contributed by atoms with Gasteiger partial charge in [-0.25, -0.2) is 14.4 Å². The van der Waals surface area contributed by atoms with Gasteiger partial charge in [0.25, 0.3) is 0 Å². The van der Waals surface area contributed by atoms with Gasteiger partial charge in [0.05, 0.1) is 16.7 Å². The van der Waals surface area contributed by atoms with E-state index in [0.29, 0.717) is 5.56 Å². The van der Waals surface area contributed by atoms with E-state index < -0.39 is 17.9 Å². The standard InChI is InChI=1S/C17H10O6/c18-15(19)11-4-1-10(2-5-11)3-6-12-9-13(16(20)21)7-8-14(12)17(22)23/h1-2,4-5,7-9H,(H,18,19)(H,20,21)(H,22,23). The van der Waals surface area contributed by atoms with E-state index in [1.54, 1.807) is 0 Å². The van der Waals surface area contributed by atoms with Crippen LogP contribution in [0.4, 0.5) is 0 Å².